The Balaban J connectivity index is 2.04. The van der Waals surface area contributed by atoms with E-state index in [9.17, 15) is 0 Å². The van der Waals surface area contributed by atoms with Crippen LogP contribution in [0.5, 0.6) is 0 Å². The number of hydrogen-bond donors (Lipinski definition) is 0. The Morgan fingerprint density at radius 2 is 2.27 bits per heavy atom. The van der Waals surface area contributed by atoms with Crippen LogP contribution in [0, 0.1) is 0 Å². The predicted molar refractivity (Wildman–Crippen MR) is 67.3 cm³/mol. The fourth-order valence-electron chi connectivity index (χ4n) is 1.45. The van der Waals surface area contributed by atoms with Gasteiger partial charge in [-0.15, -0.1) is 0 Å². The van der Waals surface area contributed by atoms with Gasteiger partial charge in [0, 0.05) is 23.8 Å². The molecule has 1 unspecified atom stereocenters. The maximum atomic E-state index is 4.02. The van der Waals surface area contributed by atoms with E-state index in [1.807, 2.05) is 18.7 Å². The SMILES string of the molecule is CC(Br)CCN(C)CCCn1ccnc1. The van der Waals surface area contributed by atoms with Crippen molar-refractivity contribution in [3.05, 3.63) is 18.7 Å². The fourth-order valence-corrected chi connectivity index (χ4v) is 1.66. The minimum absolute atomic E-state index is 0.619. The van der Waals surface area contributed by atoms with Gasteiger partial charge < -0.3 is 9.47 Å². The molecule has 0 amide bonds. The van der Waals surface area contributed by atoms with Gasteiger partial charge in [-0.05, 0) is 33.0 Å². The summed E-state index contributed by atoms with van der Waals surface area (Å²) >= 11 is 3.56. The number of halogens is 1. The zero-order valence-corrected chi connectivity index (χ0v) is 11.2. The van der Waals surface area contributed by atoms with Crippen LogP contribution in [-0.2, 0) is 6.54 Å². The third-order valence-electron chi connectivity index (χ3n) is 2.42. The molecule has 0 bridgehead atoms. The van der Waals surface area contributed by atoms with Crippen LogP contribution < -0.4 is 0 Å². The number of aromatic nitrogens is 2. The van der Waals surface area contributed by atoms with Crippen LogP contribution in [0.25, 0.3) is 0 Å². The highest BCUT2D eigenvalue weighted by Crippen LogP contribution is 2.04. The Morgan fingerprint density at radius 1 is 1.47 bits per heavy atom. The Kier molecular flexibility index (Phi) is 5.95. The van der Waals surface area contributed by atoms with Crippen LogP contribution in [0.4, 0.5) is 0 Å². The van der Waals surface area contributed by atoms with Crippen molar-refractivity contribution in [2.24, 2.45) is 0 Å². The highest BCUT2D eigenvalue weighted by molar-refractivity contribution is 9.09. The highest BCUT2D eigenvalue weighted by Gasteiger charge is 2.01. The molecular formula is C11H20BrN3. The Labute approximate surface area is 101 Å². The van der Waals surface area contributed by atoms with Crippen LogP contribution in [-0.4, -0.2) is 39.4 Å². The van der Waals surface area contributed by atoms with Crippen molar-refractivity contribution in [2.75, 3.05) is 20.1 Å². The molecule has 1 heterocycles. The number of hydrogen-bond acceptors (Lipinski definition) is 2. The van der Waals surface area contributed by atoms with E-state index in [1.165, 1.54) is 12.8 Å². The third-order valence-corrected chi connectivity index (χ3v) is 2.88. The van der Waals surface area contributed by atoms with E-state index in [-0.39, 0.29) is 0 Å². The molecule has 1 aromatic heterocycles. The van der Waals surface area contributed by atoms with Crippen LogP contribution >= 0.6 is 15.9 Å². The summed E-state index contributed by atoms with van der Waals surface area (Å²) in [6.45, 7) is 5.57. The molecule has 0 aliphatic rings. The molecule has 4 heteroatoms. The van der Waals surface area contributed by atoms with Gasteiger partial charge in [-0.25, -0.2) is 4.98 Å². The fraction of sp³-hybridized carbons (Fsp3) is 0.727. The molecule has 0 radical (unpaired) electrons. The minimum atomic E-state index is 0.619. The summed E-state index contributed by atoms with van der Waals surface area (Å²) < 4.78 is 2.13. The number of imidazole rings is 1. The molecule has 0 saturated carbocycles. The molecule has 1 atom stereocenters. The zero-order valence-electron chi connectivity index (χ0n) is 9.56. The number of alkyl halides is 1. The van der Waals surface area contributed by atoms with Gasteiger partial charge in [0.2, 0.25) is 0 Å². The maximum Gasteiger partial charge on any atom is 0.0945 e. The van der Waals surface area contributed by atoms with Crippen LogP contribution in [0.2, 0.25) is 0 Å². The Hall–Kier alpha value is -0.350. The van der Waals surface area contributed by atoms with Gasteiger partial charge >= 0.3 is 0 Å². The molecule has 1 rings (SSSR count). The Bertz CT molecular complexity index is 246. The number of nitrogens with zero attached hydrogens (tertiary/aromatic N) is 3. The number of aryl methyl sites for hydroxylation is 1. The lowest BCUT2D eigenvalue weighted by molar-refractivity contribution is 0.318. The summed E-state index contributed by atoms with van der Waals surface area (Å²) in [7, 11) is 2.18. The zero-order chi connectivity index (χ0) is 11.1. The minimum Gasteiger partial charge on any atom is -0.337 e. The van der Waals surface area contributed by atoms with Crippen molar-refractivity contribution in [1.29, 1.82) is 0 Å². The molecule has 0 saturated heterocycles. The molecule has 86 valence electrons. The normalized spacial score (nSPS) is 13.3. The van der Waals surface area contributed by atoms with E-state index in [1.54, 1.807) is 0 Å². The summed E-state index contributed by atoms with van der Waals surface area (Å²) in [5.74, 6) is 0. The van der Waals surface area contributed by atoms with Crippen molar-refractivity contribution in [1.82, 2.24) is 14.5 Å². The standard InChI is InChI=1S/C11H20BrN3/c1-11(12)4-8-14(2)6-3-7-15-9-5-13-10-15/h5,9-11H,3-4,6-8H2,1-2H3. The first kappa shape index (κ1) is 12.7. The van der Waals surface area contributed by atoms with Gasteiger partial charge in [-0.3, -0.25) is 0 Å². The van der Waals surface area contributed by atoms with E-state index in [2.05, 4.69) is 44.4 Å². The first-order valence-electron chi connectivity index (χ1n) is 5.47. The van der Waals surface area contributed by atoms with Crippen molar-refractivity contribution in [3.63, 3.8) is 0 Å². The summed E-state index contributed by atoms with van der Waals surface area (Å²) in [5, 5.41) is 0. The van der Waals surface area contributed by atoms with Gasteiger partial charge in [0.15, 0.2) is 0 Å². The third kappa shape index (κ3) is 5.95. The number of rotatable bonds is 7. The van der Waals surface area contributed by atoms with E-state index in [0.29, 0.717) is 4.83 Å². The Morgan fingerprint density at radius 3 is 2.87 bits per heavy atom. The van der Waals surface area contributed by atoms with E-state index in [4.69, 9.17) is 0 Å². The lowest BCUT2D eigenvalue weighted by atomic mass is 10.3. The van der Waals surface area contributed by atoms with Gasteiger partial charge in [-0.1, -0.05) is 22.9 Å². The second kappa shape index (κ2) is 7.01. The molecular weight excluding hydrogens is 254 g/mol. The van der Waals surface area contributed by atoms with Crippen molar-refractivity contribution in [2.45, 2.75) is 31.1 Å². The smallest absolute Gasteiger partial charge is 0.0945 e. The van der Waals surface area contributed by atoms with Crippen molar-refractivity contribution < 1.29 is 0 Å². The summed E-state index contributed by atoms with van der Waals surface area (Å²) in [6.07, 6.45) is 8.11. The molecule has 0 aliphatic carbocycles. The van der Waals surface area contributed by atoms with Crippen LogP contribution in [0.15, 0.2) is 18.7 Å². The quantitative estimate of drug-likeness (QED) is 0.712. The van der Waals surface area contributed by atoms with Crippen molar-refractivity contribution in [3.8, 4) is 0 Å². The molecule has 0 aliphatic heterocycles. The largest absolute Gasteiger partial charge is 0.337 e. The van der Waals surface area contributed by atoms with E-state index in [0.717, 1.165) is 19.6 Å². The predicted octanol–water partition coefficient (Wildman–Crippen LogP) is 2.38. The average molecular weight is 274 g/mol. The van der Waals surface area contributed by atoms with Gasteiger partial charge in [0.25, 0.3) is 0 Å². The highest BCUT2D eigenvalue weighted by atomic mass is 79.9. The molecule has 0 aromatic carbocycles. The second-order valence-electron chi connectivity index (χ2n) is 4.03. The molecule has 0 spiro atoms. The lowest BCUT2D eigenvalue weighted by Gasteiger charge is -2.17. The van der Waals surface area contributed by atoms with Crippen LogP contribution in [0.1, 0.15) is 19.8 Å². The lowest BCUT2D eigenvalue weighted by Crippen LogP contribution is -2.23. The van der Waals surface area contributed by atoms with E-state index < -0.39 is 0 Å². The van der Waals surface area contributed by atoms with Crippen LogP contribution in [0.3, 0.4) is 0 Å². The summed E-state index contributed by atoms with van der Waals surface area (Å²) in [4.78, 5) is 7.03. The average Bonchev–Trinajstić information content (AvgIpc) is 2.67. The molecule has 0 N–H and O–H groups in total. The van der Waals surface area contributed by atoms with E-state index >= 15 is 0 Å². The topological polar surface area (TPSA) is 21.1 Å². The monoisotopic (exact) mass is 273 g/mol. The molecule has 15 heavy (non-hydrogen) atoms. The van der Waals surface area contributed by atoms with Gasteiger partial charge in [0.1, 0.15) is 0 Å². The molecule has 3 nitrogen and oxygen atoms in total. The summed E-state index contributed by atoms with van der Waals surface area (Å²) in [6, 6.07) is 0. The van der Waals surface area contributed by atoms with Gasteiger partial charge in [-0.2, -0.15) is 0 Å². The maximum absolute atomic E-state index is 4.02. The first-order valence-corrected chi connectivity index (χ1v) is 6.38. The van der Waals surface area contributed by atoms with Crippen molar-refractivity contribution >= 4 is 15.9 Å². The second-order valence-corrected chi connectivity index (χ2v) is 5.59. The molecule has 1 aromatic rings. The first-order chi connectivity index (χ1) is 7.18. The molecule has 0 fully saturated rings. The summed E-state index contributed by atoms with van der Waals surface area (Å²) in [5.41, 5.74) is 0. The van der Waals surface area contributed by atoms with Gasteiger partial charge in [0.05, 0.1) is 6.33 Å².